The predicted molar refractivity (Wildman–Crippen MR) is 58.2 cm³/mol. The minimum absolute atomic E-state index is 0.163. The van der Waals surface area contributed by atoms with E-state index >= 15 is 0 Å². The van der Waals surface area contributed by atoms with Crippen molar-refractivity contribution >= 4 is 11.8 Å². The van der Waals surface area contributed by atoms with Gasteiger partial charge >= 0.3 is 0 Å². The van der Waals surface area contributed by atoms with Gasteiger partial charge in [-0.05, 0) is 24.9 Å². The molecular weight excluding hydrogens is 186 g/mol. The van der Waals surface area contributed by atoms with Crippen molar-refractivity contribution in [3.63, 3.8) is 0 Å². The van der Waals surface area contributed by atoms with Gasteiger partial charge in [-0.15, -0.1) is 0 Å². The molecule has 0 spiro atoms. The zero-order valence-corrected chi connectivity index (χ0v) is 9.31. The highest BCUT2D eigenvalue weighted by atomic mass is 32.2. The minimum atomic E-state index is -0.624. The maximum absolute atomic E-state index is 9.06. The number of aliphatic hydroxyl groups is 2. The van der Waals surface area contributed by atoms with Gasteiger partial charge in [0.2, 0.25) is 0 Å². The Labute approximate surface area is 84.9 Å². The summed E-state index contributed by atoms with van der Waals surface area (Å²) in [6.45, 7) is 4.57. The zero-order valence-electron chi connectivity index (χ0n) is 8.49. The summed E-state index contributed by atoms with van der Waals surface area (Å²) in [5.74, 6) is 2.31. The van der Waals surface area contributed by atoms with Crippen molar-refractivity contribution in [2.75, 3.05) is 24.7 Å². The van der Waals surface area contributed by atoms with Gasteiger partial charge in [0.15, 0.2) is 0 Å². The predicted octanol–water partition coefficient (Wildman–Crippen LogP) is 0.461. The molecule has 0 rings (SSSR count). The van der Waals surface area contributed by atoms with Gasteiger partial charge in [0.25, 0.3) is 0 Å². The molecule has 0 aliphatic carbocycles. The van der Waals surface area contributed by atoms with Gasteiger partial charge in [-0.3, -0.25) is 0 Å². The summed E-state index contributed by atoms with van der Waals surface area (Å²) in [7, 11) is 0. The summed E-state index contributed by atoms with van der Waals surface area (Å²) in [6, 6.07) is 0.417. The number of thioether (sulfide) groups is 1. The normalized spacial score (nSPS) is 15.7. The van der Waals surface area contributed by atoms with Crippen LogP contribution in [0.4, 0.5) is 0 Å². The largest absolute Gasteiger partial charge is 0.394 e. The van der Waals surface area contributed by atoms with Crippen molar-refractivity contribution in [3.05, 3.63) is 0 Å². The maximum Gasteiger partial charge on any atom is 0.0895 e. The Kier molecular flexibility index (Phi) is 8.97. The molecular formula is C9H21NO2S. The van der Waals surface area contributed by atoms with E-state index in [2.05, 4.69) is 19.2 Å². The summed E-state index contributed by atoms with van der Waals surface area (Å²) < 4.78 is 0. The van der Waals surface area contributed by atoms with Gasteiger partial charge in [0, 0.05) is 12.6 Å². The van der Waals surface area contributed by atoms with Crippen LogP contribution >= 0.6 is 11.8 Å². The Morgan fingerprint density at radius 3 is 2.69 bits per heavy atom. The fraction of sp³-hybridized carbons (Fsp3) is 1.00. The lowest BCUT2D eigenvalue weighted by molar-refractivity contribution is 0.0923. The van der Waals surface area contributed by atoms with Crippen molar-refractivity contribution in [2.24, 2.45) is 0 Å². The standard InChI is InChI=1S/C9H21NO2S/c1-3-13-5-4-8(2)10-6-9(12)7-11/h8-12H,3-7H2,1-2H3. The smallest absolute Gasteiger partial charge is 0.0895 e. The fourth-order valence-corrected chi connectivity index (χ4v) is 1.72. The van der Waals surface area contributed by atoms with Gasteiger partial charge in [0.1, 0.15) is 0 Å². The first kappa shape index (κ1) is 13.2. The van der Waals surface area contributed by atoms with Crippen LogP contribution in [0, 0.1) is 0 Å². The molecule has 0 amide bonds. The molecule has 3 nitrogen and oxygen atoms in total. The second-order valence-electron chi connectivity index (χ2n) is 3.13. The first-order valence-corrected chi connectivity index (χ1v) is 5.96. The lowest BCUT2D eigenvalue weighted by Gasteiger charge is -2.15. The highest BCUT2D eigenvalue weighted by molar-refractivity contribution is 7.99. The summed E-state index contributed by atoms with van der Waals surface area (Å²) in [5.41, 5.74) is 0. The van der Waals surface area contributed by atoms with Crippen molar-refractivity contribution in [3.8, 4) is 0 Å². The molecule has 0 aromatic carbocycles. The Bertz CT molecular complexity index is 114. The van der Waals surface area contributed by atoms with E-state index < -0.39 is 6.10 Å². The molecule has 0 saturated carbocycles. The zero-order chi connectivity index (χ0) is 10.1. The third-order valence-electron chi connectivity index (χ3n) is 1.81. The third kappa shape index (κ3) is 8.56. The Balaban J connectivity index is 3.24. The third-order valence-corrected chi connectivity index (χ3v) is 2.74. The molecule has 0 heterocycles. The molecule has 0 saturated heterocycles. The molecule has 0 aliphatic heterocycles. The first-order valence-electron chi connectivity index (χ1n) is 4.80. The average molecular weight is 207 g/mol. The molecule has 4 heteroatoms. The van der Waals surface area contributed by atoms with Crippen molar-refractivity contribution in [2.45, 2.75) is 32.4 Å². The maximum atomic E-state index is 9.06. The number of nitrogens with one attached hydrogen (secondary N) is 1. The van der Waals surface area contributed by atoms with E-state index in [0.717, 1.165) is 17.9 Å². The quantitative estimate of drug-likeness (QED) is 0.506. The second kappa shape index (κ2) is 8.81. The van der Waals surface area contributed by atoms with Crippen LogP contribution in [0.25, 0.3) is 0 Å². The van der Waals surface area contributed by atoms with Crippen LogP contribution in [0.5, 0.6) is 0 Å². The van der Waals surface area contributed by atoms with Gasteiger partial charge in [-0.1, -0.05) is 6.92 Å². The molecule has 0 aliphatic rings. The van der Waals surface area contributed by atoms with E-state index in [9.17, 15) is 0 Å². The highest BCUT2D eigenvalue weighted by Gasteiger charge is 2.04. The molecule has 0 aromatic rings. The molecule has 2 unspecified atom stereocenters. The van der Waals surface area contributed by atoms with Crippen LogP contribution in [0.3, 0.4) is 0 Å². The van der Waals surface area contributed by atoms with Gasteiger partial charge in [-0.2, -0.15) is 11.8 Å². The van der Waals surface area contributed by atoms with E-state index in [4.69, 9.17) is 10.2 Å². The molecule has 2 atom stereocenters. The summed E-state index contributed by atoms with van der Waals surface area (Å²) in [5, 5.41) is 20.8. The number of hydrogen-bond acceptors (Lipinski definition) is 4. The molecule has 0 bridgehead atoms. The Hall–Kier alpha value is 0.230. The molecule has 3 N–H and O–H groups in total. The fourth-order valence-electron chi connectivity index (χ4n) is 0.908. The van der Waals surface area contributed by atoms with E-state index in [1.54, 1.807) is 0 Å². The lowest BCUT2D eigenvalue weighted by atomic mass is 10.2. The first-order chi connectivity index (χ1) is 6.20. The van der Waals surface area contributed by atoms with Crippen LogP contribution in [-0.4, -0.2) is 47.0 Å². The van der Waals surface area contributed by atoms with Gasteiger partial charge < -0.3 is 15.5 Å². The van der Waals surface area contributed by atoms with Crippen LogP contribution in [0.15, 0.2) is 0 Å². The van der Waals surface area contributed by atoms with E-state index in [1.807, 2.05) is 11.8 Å². The summed E-state index contributed by atoms with van der Waals surface area (Å²) >= 11 is 1.92. The number of hydrogen-bond donors (Lipinski definition) is 3. The highest BCUT2D eigenvalue weighted by Crippen LogP contribution is 2.03. The average Bonchev–Trinajstić information content (AvgIpc) is 2.14. The van der Waals surface area contributed by atoms with E-state index in [1.165, 1.54) is 0 Å². The van der Waals surface area contributed by atoms with Crippen molar-refractivity contribution < 1.29 is 10.2 Å². The summed E-state index contributed by atoms with van der Waals surface area (Å²) in [4.78, 5) is 0. The van der Waals surface area contributed by atoms with E-state index in [-0.39, 0.29) is 6.61 Å². The van der Waals surface area contributed by atoms with E-state index in [0.29, 0.717) is 12.6 Å². The van der Waals surface area contributed by atoms with Crippen LogP contribution < -0.4 is 5.32 Å². The van der Waals surface area contributed by atoms with Crippen molar-refractivity contribution in [1.29, 1.82) is 0 Å². The SMILES string of the molecule is CCSCCC(C)NCC(O)CO. The monoisotopic (exact) mass is 207 g/mol. The van der Waals surface area contributed by atoms with Crippen LogP contribution in [-0.2, 0) is 0 Å². The van der Waals surface area contributed by atoms with Gasteiger partial charge in [-0.25, -0.2) is 0 Å². The lowest BCUT2D eigenvalue weighted by Crippen LogP contribution is -2.35. The topological polar surface area (TPSA) is 52.5 Å². The Morgan fingerprint density at radius 2 is 2.15 bits per heavy atom. The second-order valence-corrected chi connectivity index (χ2v) is 4.53. The Morgan fingerprint density at radius 1 is 1.46 bits per heavy atom. The molecule has 0 fully saturated rings. The molecule has 0 radical (unpaired) electrons. The number of rotatable bonds is 8. The minimum Gasteiger partial charge on any atom is -0.394 e. The van der Waals surface area contributed by atoms with Gasteiger partial charge in [0.05, 0.1) is 12.7 Å². The van der Waals surface area contributed by atoms with Crippen molar-refractivity contribution in [1.82, 2.24) is 5.32 Å². The van der Waals surface area contributed by atoms with Crippen LogP contribution in [0.2, 0.25) is 0 Å². The number of aliphatic hydroxyl groups excluding tert-OH is 2. The molecule has 80 valence electrons. The molecule has 13 heavy (non-hydrogen) atoms. The molecule has 0 aromatic heterocycles. The van der Waals surface area contributed by atoms with Crippen LogP contribution in [0.1, 0.15) is 20.3 Å². The summed E-state index contributed by atoms with van der Waals surface area (Å²) in [6.07, 6.45) is 0.484.